The number of halogens is 2. The molecule has 4 nitrogen and oxygen atoms in total. The van der Waals surface area contributed by atoms with E-state index in [-0.39, 0.29) is 5.56 Å². The van der Waals surface area contributed by atoms with E-state index in [1.54, 1.807) is 0 Å². The van der Waals surface area contributed by atoms with Crippen LogP contribution in [-0.4, -0.2) is 16.8 Å². The number of aryl methyl sites for hydroxylation is 1. The molecule has 0 spiro atoms. The lowest BCUT2D eigenvalue weighted by atomic mass is 10.2. The summed E-state index contributed by atoms with van der Waals surface area (Å²) in [4.78, 5) is -0.971. The van der Waals surface area contributed by atoms with Gasteiger partial charge in [0.25, 0.3) is 18.1 Å². The summed E-state index contributed by atoms with van der Waals surface area (Å²) >= 11 is 0. The molecule has 0 unspecified atom stereocenters. The lowest BCUT2D eigenvalue weighted by Gasteiger charge is -2.06. The van der Waals surface area contributed by atoms with Gasteiger partial charge in [-0.15, -0.1) is 0 Å². The van der Waals surface area contributed by atoms with E-state index in [4.69, 9.17) is 21.4 Å². The van der Waals surface area contributed by atoms with Crippen LogP contribution < -0.4 is 0 Å². The minimum absolute atomic E-state index is 0.228. The van der Waals surface area contributed by atoms with Crippen molar-refractivity contribution in [3.05, 3.63) is 23.8 Å². The summed E-state index contributed by atoms with van der Waals surface area (Å²) in [6.07, 6.45) is 0. The summed E-state index contributed by atoms with van der Waals surface area (Å²) in [5, 5.41) is 0. The van der Waals surface area contributed by atoms with Gasteiger partial charge in [-0.3, -0.25) is 0 Å². The minimum atomic E-state index is -4.14. The molecule has 8 heteroatoms. The first-order valence-electron chi connectivity index (χ1n) is 3.63. The number of benzene rings is 1. The van der Waals surface area contributed by atoms with Gasteiger partial charge in [-0.25, -0.2) is 16.8 Å². The summed E-state index contributed by atoms with van der Waals surface area (Å²) in [6, 6.07) is 3.90. The van der Waals surface area contributed by atoms with E-state index >= 15 is 0 Å². The second kappa shape index (κ2) is 3.93. The Morgan fingerprint density at radius 1 is 1.00 bits per heavy atom. The minimum Gasteiger partial charge on any atom is -0.207 e. The highest BCUT2D eigenvalue weighted by atomic mass is 35.7. The lowest BCUT2D eigenvalue weighted by molar-refractivity contribution is 0.596. The van der Waals surface area contributed by atoms with Crippen LogP contribution in [0.15, 0.2) is 28.0 Å². The predicted octanol–water partition coefficient (Wildman–Crippen LogP) is 1.85. The van der Waals surface area contributed by atoms with Gasteiger partial charge in [-0.05, 0) is 18.6 Å². The molecular formula is C7H6Cl2O4S2. The third-order valence-electron chi connectivity index (χ3n) is 1.68. The maximum Gasteiger partial charge on any atom is 0.262 e. The van der Waals surface area contributed by atoms with Crippen LogP contribution in [0.25, 0.3) is 0 Å². The van der Waals surface area contributed by atoms with E-state index in [1.165, 1.54) is 19.1 Å². The molecule has 1 aromatic carbocycles. The molecule has 84 valence electrons. The van der Waals surface area contributed by atoms with Crippen molar-refractivity contribution in [1.29, 1.82) is 0 Å². The molecule has 0 aliphatic heterocycles. The predicted molar refractivity (Wildman–Crippen MR) is 57.3 cm³/mol. The van der Waals surface area contributed by atoms with Crippen LogP contribution in [0, 0.1) is 6.92 Å². The molecule has 0 aromatic heterocycles. The Bertz CT molecular complexity index is 589. The van der Waals surface area contributed by atoms with Gasteiger partial charge in [0, 0.05) is 21.4 Å². The molecule has 0 aliphatic carbocycles. The van der Waals surface area contributed by atoms with E-state index in [9.17, 15) is 16.8 Å². The first-order chi connectivity index (χ1) is 6.64. The number of hydrogen-bond acceptors (Lipinski definition) is 4. The topological polar surface area (TPSA) is 68.3 Å². The Labute approximate surface area is 96.7 Å². The third kappa shape index (κ3) is 2.84. The standard InChI is InChI=1S/C7H6Cl2O4S2/c1-5-3-2-4-6(14(8,10)11)7(5)15(9,12)13/h2-4H,1H3. The van der Waals surface area contributed by atoms with Crippen molar-refractivity contribution in [2.24, 2.45) is 0 Å². The maximum atomic E-state index is 11.2. The van der Waals surface area contributed by atoms with Crippen molar-refractivity contribution in [3.63, 3.8) is 0 Å². The fourth-order valence-electron chi connectivity index (χ4n) is 1.13. The third-order valence-corrected chi connectivity index (χ3v) is 4.67. The van der Waals surface area contributed by atoms with Crippen molar-refractivity contribution in [2.45, 2.75) is 16.7 Å². The smallest absolute Gasteiger partial charge is 0.207 e. The SMILES string of the molecule is Cc1cccc(S(=O)(=O)Cl)c1S(=O)(=O)Cl. The number of rotatable bonds is 2. The molecule has 0 atom stereocenters. The summed E-state index contributed by atoms with van der Waals surface area (Å²) in [5.74, 6) is 0. The first kappa shape index (κ1) is 12.8. The van der Waals surface area contributed by atoms with Crippen molar-refractivity contribution in [2.75, 3.05) is 0 Å². The summed E-state index contributed by atoms with van der Waals surface area (Å²) in [7, 11) is 1.95. The summed E-state index contributed by atoms with van der Waals surface area (Å²) < 4.78 is 44.5. The maximum absolute atomic E-state index is 11.2. The Balaban J connectivity index is 3.79. The summed E-state index contributed by atoms with van der Waals surface area (Å²) in [5.41, 5.74) is 0.228. The van der Waals surface area contributed by atoms with E-state index in [2.05, 4.69) is 0 Å². The van der Waals surface area contributed by atoms with Gasteiger partial charge in [0.05, 0.1) is 0 Å². The average Bonchev–Trinajstić information content (AvgIpc) is 1.99. The molecule has 0 saturated heterocycles. The van der Waals surface area contributed by atoms with Crippen molar-refractivity contribution in [3.8, 4) is 0 Å². The highest BCUT2D eigenvalue weighted by Crippen LogP contribution is 2.29. The van der Waals surface area contributed by atoms with E-state index < -0.39 is 27.9 Å². The molecule has 0 saturated carbocycles. The van der Waals surface area contributed by atoms with Crippen molar-refractivity contribution < 1.29 is 16.8 Å². The Hall–Kier alpha value is -0.300. The van der Waals surface area contributed by atoms with Crippen LogP contribution in [0.3, 0.4) is 0 Å². The van der Waals surface area contributed by atoms with Gasteiger partial charge in [-0.2, -0.15) is 0 Å². The van der Waals surface area contributed by atoms with Gasteiger partial charge >= 0.3 is 0 Å². The quantitative estimate of drug-likeness (QED) is 0.779. The Morgan fingerprint density at radius 2 is 1.53 bits per heavy atom. The highest BCUT2D eigenvalue weighted by Gasteiger charge is 2.25. The van der Waals surface area contributed by atoms with Gasteiger partial charge in [0.2, 0.25) is 0 Å². The molecular weight excluding hydrogens is 283 g/mol. The van der Waals surface area contributed by atoms with Crippen LogP contribution in [0.5, 0.6) is 0 Å². The van der Waals surface area contributed by atoms with Crippen LogP contribution in [0.4, 0.5) is 0 Å². The normalized spacial score (nSPS) is 12.7. The number of hydrogen-bond donors (Lipinski definition) is 0. The fraction of sp³-hybridized carbons (Fsp3) is 0.143. The molecule has 0 N–H and O–H groups in total. The van der Waals surface area contributed by atoms with E-state index in [1.807, 2.05) is 0 Å². The highest BCUT2D eigenvalue weighted by molar-refractivity contribution is 8.16. The zero-order valence-electron chi connectivity index (χ0n) is 7.44. The van der Waals surface area contributed by atoms with Crippen molar-refractivity contribution >= 4 is 39.5 Å². The lowest BCUT2D eigenvalue weighted by Crippen LogP contribution is -2.03. The fourth-order valence-corrected chi connectivity index (χ4v) is 4.45. The molecule has 0 amide bonds. The zero-order chi connectivity index (χ0) is 11.9. The monoisotopic (exact) mass is 288 g/mol. The first-order valence-corrected chi connectivity index (χ1v) is 8.25. The molecule has 0 aliphatic rings. The molecule has 15 heavy (non-hydrogen) atoms. The molecule has 1 rings (SSSR count). The second-order valence-electron chi connectivity index (χ2n) is 2.78. The zero-order valence-corrected chi connectivity index (χ0v) is 10.6. The molecule has 0 radical (unpaired) electrons. The largest absolute Gasteiger partial charge is 0.262 e. The van der Waals surface area contributed by atoms with E-state index in [0.717, 1.165) is 6.07 Å². The molecule has 0 bridgehead atoms. The Kier molecular flexibility index (Phi) is 3.35. The van der Waals surface area contributed by atoms with Crippen LogP contribution in [0.2, 0.25) is 0 Å². The Morgan fingerprint density at radius 3 is 1.87 bits per heavy atom. The van der Waals surface area contributed by atoms with Gasteiger partial charge < -0.3 is 0 Å². The molecule has 0 heterocycles. The van der Waals surface area contributed by atoms with Crippen molar-refractivity contribution in [1.82, 2.24) is 0 Å². The molecule has 1 aromatic rings. The second-order valence-corrected chi connectivity index (χ2v) is 7.82. The van der Waals surface area contributed by atoms with Gasteiger partial charge in [0.1, 0.15) is 9.79 Å². The average molecular weight is 289 g/mol. The molecule has 0 fully saturated rings. The van der Waals surface area contributed by atoms with Gasteiger partial charge in [0.15, 0.2) is 0 Å². The van der Waals surface area contributed by atoms with Gasteiger partial charge in [-0.1, -0.05) is 12.1 Å². The van der Waals surface area contributed by atoms with E-state index in [0.29, 0.717) is 0 Å². The van der Waals surface area contributed by atoms with Crippen LogP contribution in [-0.2, 0) is 18.1 Å². The van der Waals surface area contributed by atoms with Crippen LogP contribution in [0.1, 0.15) is 5.56 Å². The summed E-state index contributed by atoms with van der Waals surface area (Å²) in [6.45, 7) is 1.43. The van der Waals surface area contributed by atoms with Crippen LogP contribution >= 0.6 is 21.4 Å².